The molecule has 0 spiro atoms. The highest BCUT2D eigenvalue weighted by molar-refractivity contribution is 7.85. The van der Waals surface area contributed by atoms with Crippen molar-refractivity contribution in [1.29, 1.82) is 0 Å². The molecule has 7 heteroatoms. The Hall–Kier alpha value is -0.920. The molecule has 0 bridgehead atoms. The van der Waals surface area contributed by atoms with Crippen LogP contribution in [0.25, 0.3) is 0 Å². The van der Waals surface area contributed by atoms with Crippen LogP contribution < -0.4 is 5.73 Å². The molecular weight excluding hydrogens is 316 g/mol. The first kappa shape index (κ1) is 22.1. The van der Waals surface area contributed by atoms with Gasteiger partial charge in [0.25, 0.3) is 10.1 Å². The average molecular weight is 350 g/mol. The van der Waals surface area contributed by atoms with Crippen LogP contribution in [0.1, 0.15) is 52.9 Å². The predicted molar refractivity (Wildman–Crippen MR) is 93.5 cm³/mol. The molecule has 0 aromatic heterocycles. The number of primary amides is 1. The zero-order chi connectivity index (χ0) is 17.9. The third-order valence-corrected chi connectivity index (χ3v) is 5.15. The highest BCUT2D eigenvalue weighted by Gasteiger charge is 2.32. The van der Waals surface area contributed by atoms with Crippen molar-refractivity contribution < 1.29 is 22.2 Å². The molecule has 6 nitrogen and oxygen atoms in total. The van der Waals surface area contributed by atoms with Crippen molar-refractivity contribution in [2.75, 3.05) is 25.4 Å². The van der Waals surface area contributed by atoms with Crippen molar-refractivity contribution in [3.63, 3.8) is 0 Å². The number of carbonyl (C=O) groups is 1. The van der Waals surface area contributed by atoms with E-state index in [1.807, 2.05) is 6.92 Å². The molecule has 1 amide bonds. The first-order valence-corrected chi connectivity index (χ1v) is 10.0. The fourth-order valence-corrected chi connectivity index (χ4v) is 3.47. The van der Waals surface area contributed by atoms with Crippen molar-refractivity contribution in [2.45, 2.75) is 58.9 Å². The quantitative estimate of drug-likeness (QED) is 0.302. The van der Waals surface area contributed by atoms with Crippen LogP contribution in [0, 0.1) is 0 Å². The van der Waals surface area contributed by atoms with E-state index >= 15 is 0 Å². The minimum absolute atomic E-state index is 0.0764. The number of hydrogen-bond acceptors (Lipinski definition) is 3. The summed E-state index contributed by atoms with van der Waals surface area (Å²) >= 11 is 0. The molecule has 0 aromatic carbocycles. The molecule has 0 aliphatic carbocycles. The molecule has 0 aromatic rings. The number of nitrogens with two attached hydrogens (primary N) is 1. The number of quaternary nitrogens is 1. The number of unbranched alkanes of at least 4 members (excludes halogenated alkanes) is 2. The molecule has 1 atom stereocenters. The first-order valence-electron chi connectivity index (χ1n) is 8.43. The topological polar surface area (TPSA) is 97.5 Å². The lowest BCUT2D eigenvalue weighted by molar-refractivity contribution is -0.945. The van der Waals surface area contributed by atoms with Crippen LogP contribution >= 0.6 is 0 Å². The summed E-state index contributed by atoms with van der Waals surface area (Å²) in [5, 5.41) is 0. The zero-order valence-electron chi connectivity index (χ0n) is 14.7. The second kappa shape index (κ2) is 10.8. The van der Waals surface area contributed by atoms with Gasteiger partial charge < -0.3 is 10.2 Å². The van der Waals surface area contributed by atoms with Crippen molar-refractivity contribution in [3.8, 4) is 0 Å². The van der Waals surface area contributed by atoms with Crippen molar-refractivity contribution in [3.05, 3.63) is 12.2 Å². The standard InChI is InChI=1S/C16H32N2O4S/c1-4-6-11-18(12-7-5-2,13-8-9-16(17)19)15(3)10-14-23(20,21)22/h8-9,15H,4-7,10-14H2,1-3H3,(H2-,17,19,20,21,22)/p+1. The molecule has 0 rings (SSSR count). The average Bonchev–Trinajstić information content (AvgIpc) is 2.46. The van der Waals surface area contributed by atoms with Gasteiger partial charge in [-0.25, -0.2) is 0 Å². The van der Waals surface area contributed by atoms with E-state index in [9.17, 15) is 13.2 Å². The summed E-state index contributed by atoms with van der Waals surface area (Å²) in [6.07, 6.45) is 7.73. The summed E-state index contributed by atoms with van der Waals surface area (Å²) in [5.41, 5.74) is 5.17. The molecule has 136 valence electrons. The minimum Gasteiger partial charge on any atom is -0.366 e. The Morgan fingerprint density at radius 1 is 1.22 bits per heavy atom. The highest BCUT2D eigenvalue weighted by Crippen LogP contribution is 2.21. The Morgan fingerprint density at radius 3 is 2.13 bits per heavy atom. The number of carbonyl (C=O) groups excluding carboxylic acids is 1. The third-order valence-electron chi connectivity index (χ3n) is 4.39. The summed E-state index contributed by atoms with van der Waals surface area (Å²) in [5.74, 6) is -0.703. The molecular formula is C16H33N2O4S+. The van der Waals surface area contributed by atoms with Crippen LogP contribution in [0.5, 0.6) is 0 Å². The molecule has 0 heterocycles. The van der Waals surface area contributed by atoms with Gasteiger partial charge in [-0.15, -0.1) is 0 Å². The van der Waals surface area contributed by atoms with E-state index < -0.39 is 16.0 Å². The molecule has 0 fully saturated rings. The Balaban J connectivity index is 5.25. The third kappa shape index (κ3) is 9.73. The number of nitrogens with zero attached hydrogens (tertiary/aromatic N) is 1. The molecule has 3 N–H and O–H groups in total. The number of rotatable bonds is 13. The molecule has 1 unspecified atom stereocenters. The summed E-state index contributed by atoms with van der Waals surface area (Å²) < 4.78 is 31.9. The van der Waals surface area contributed by atoms with Gasteiger partial charge in [-0.05, 0) is 25.8 Å². The number of amides is 1. The van der Waals surface area contributed by atoms with Gasteiger partial charge in [-0.2, -0.15) is 8.42 Å². The van der Waals surface area contributed by atoms with Gasteiger partial charge in [0.1, 0.15) is 0 Å². The molecule has 0 radical (unpaired) electrons. The van der Waals surface area contributed by atoms with Crippen molar-refractivity contribution in [1.82, 2.24) is 0 Å². The highest BCUT2D eigenvalue weighted by atomic mass is 32.2. The summed E-state index contributed by atoms with van der Waals surface area (Å²) in [4.78, 5) is 11.0. The normalized spacial score (nSPS) is 14.3. The van der Waals surface area contributed by atoms with E-state index in [1.165, 1.54) is 6.08 Å². The fourth-order valence-electron chi connectivity index (χ4n) is 2.83. The van der Waals surface area contributed by atoms with Crippen LogP contribution in [0.15, 0.2) is 12.2 Å². The van der Waals surface area contributed by atoms with Gasteiger partial charge in [-0.3, -0.25) is 9.35 Å². The summed E-state index contributed by atoms with van der Waals surface area (Å²) in [6, 6.07) is 0.0764. The van der Waals surface area contributed by atoms with Crippen LogP contribution in [0.3, 0.4) is 0 Å². The maximum Gasteiger partial charge on any atom is 0.265 e. The summed E-state index contributed by atoms with van der Waals surface area (Å²) in [6.45, 7) is 8.76. The molecule has 0 aliphatic rings. The maximum atomic E-state index is 11.1. The van der Waals surface area contributed by atoms with E-state index in [2.05, 4.69) is 13.8 Å². The van der Waals surface area contributed by atoms with Gasteiger partial charge in [0.05, 0.1) is 31.4 Å². The maximum absolute atomic E-state index is 11.1. The summed E-state index contributed by atoms with van der Waals surface area (Å²) in [7, 11) is -3.96. The van der Waals surface area contributed by atoms with Gasteiger partial charge >= 0.3 is 0 Å². The van der Waals surface area contributed by atoms with Crippen LogP contribution in [-0.2, 0) is 14.9 Å². The monoisotopic (exact) mass is 349 g/mol. The van der Waals surface area contributed by atoms with Crippen molar-refractivity contribution >= 4 is 16.0 Å². The lowest BCUT2D eigenvalue weighted by atomic mass is 10.1. The second-order valence-electron chi connectivity index (χ2n) is 6.28. The largest absolute Gasteiger partial charge is 0.366 e. The van der Waals surface area contributed by atoms with E-state index in [1.54, 1.807) is 6.08 Å². The van der Waals surface area contributed by atoms with Crippen LogP contribution in [0.2, 0.25) is 0 Å². The van der Waals surface area contributed by atoms with Gasteiger partial charge in [0.2, 0.25) is 5.91 Å². The van der Waals surface area contributed by atoms with Gasteiger partial charge in [-0.1, -0.05) is 26.7 Å². The lowest BCUT2D eigenvalue weighted by Crippen LogP contribution is -2.56. The minimum atomic E-state index is -3.96. The van der Waals surface area contributed by atoms with Crippen molar-refractivity contribution in [2.24, 2.45) is 5.73 Å². The van der Waals surface area contributed by atoms with E-state index in [0.29, 0.717) is 13.0 Å². The van der Waals surface area contributed by atoms with E-state index in [4.69, 9.17) is 10.3 Å². The Kier molecular flexibility index (Phi) is 10.3. The van der Waals surface area contributed by atoms with Gasteiger partial charge in [0, 0.05) is 12.5 Å². The van der Waals surface area contributed by atoms with E-state index in [-0.39, 0.29) is 11.8 Å². The number of hydrogen-bond donors (Lipinski definition) is 2. The zero-order valence-corrected chi connectivity index (χ0v) is 15.5. The Labute approximate surface area is 141 Å². The molecule has 0 saturated carbocycles. The lowest BCUT2D eigenvalue weighted by Gasteiger charge is -2.43. The van der Waals surface area contributed by atoms with Crippen LogP contribution in [-0.4, -0.2) is 54.8 Å². The Morgan fingerprint density at radius 2 is 1.74 bits per heavy atom. The SMILES string of the molecule is CCCC[N+](CC=CC(N)=O)(CCCC)C(C)CCS(=O)(=O)O. The van der Waals surface area contributed by atoms with E-state index in [0.717, 1.165) is 43.3 Å². The Bertz CT molecular complexity index is 466. The molecule has 23 heavy (non-hydrogen) atoms. The predicted octanol–water partition coefficient (Wildman–Crippen LogP) is 2.11. The van der Waals surface area contributed by atoms with Crippen LogP contribution in [0.4, 0.5) is 0 Å². The first-order chi connectivity index (χ1) is 10.7. The molecule has 0 saturated heterocycles. The molecule has 0 aliphatic heterocycles. The second-order valence-corrected chi connectivity index (χ2v) is 7.86. The van der Waals surface area contributed by atoms with Gasteiger partial charge in [0.15, 0.2) is 0 Å². The fraction of sp³-hybridized carbons (Fsp3) is 0.812. The smallest absolute Gasteiger partial charge is 0.265 e.